The summed E-state index contributed by atoms with van der Waals surface area (Å²) in [5, 5.41) is 6.14. The summed E-state index contributed by atoms with van der Waals surface area (Å²) in [7, 11) is 0. The van der Waals surface area contributed by atoms with Gasteiger partial charge in [0.15, 0.2) is 5.54 Å². The van der Waals surface area contributed by atoms with Gasteiger partial charge >= 0.3 is 0 Å². The third kappa shape index (κ3) is 4.03. The fourth-order valence-corrected chi connectivity index (χ4v) is 7.26. The first-order valence-corrected chi connectivity index (χ1v) is 14.7. The molecule has 3 aromatic carbocycles. The fraction of sp³-hybridized carbons (Fsp3) is 0.281. The molecule has 1 saturated carbocycles. The number of amides is 3. The van der Waals surface area contributed by atoms with Gasteiger partial charge in [0.2, 0.25) is 11.8 Å². The lowest BCUT2D eigenvalue weighted by molar-refractivity contribution is -0.127. The molecule has 3 atom stereocenters. The molecule has 3 aromatic rings. The van der Waals surface area contributed by atoms with Gasteiger partial charge in [-0.1, -0.05) is 41.4 Å². The highest BCUT2D eigenvalue weighted by Gasteiger charge is 2.68. The van der Waals surface area contributed by atoms with Gasteiger partial charge in [-0.3, -0.25) is 14.4 Å². The van der Waals surface area contributed by atoms with Crippen molar-refractivity contribution in [3.63, 3.8) is 0 Å². The summed E-state index contributed by atoms with van der Waals surface area (Å²) in [4.78, 5) is 44.1. The Hall–Kier alpha value is -3.88. The van der Waals surface area contributed by atoms with Crippen LogP contribution in [0.1, 0.15) is 36.8 Å². The molecular weight excluding hydrogens is 578 g/mol. The number of fused-ring (bicyclic) bond motifs is 3. The van der Waals surface area contributed by atoms with E-state index in [2.05, 4.69) is 15.5 Å². The highest BCUT2D eigenvalue weighted by molar-refractivity contribution is 6.31. The first kappa shape index (κ1) is 27.0. The van der Waals surface area contributed by atoms with Crippen molar-refractivity contribution in [1.29, 1.82) is 0 Å². The Morgan fingerprint density at radius 3 is 2.57 bits per heavy atom. The second-order valence-electron chi connectivity index (χ2n) is 11.4. The van der Waals surface area contributed by atoms with E-state index in [1.165, 1.54) is 13.0 Å². The SMILES string of the molecule is CC(=O)Nc1ccc(N2CC=C3[C@@H](C2=O)[C@H](c2cccc(Cl)c2F)[C@]2(C(=O)Nc4cc(Cl)ccc42)N3CC2CC2)cc1. The number of carbonyl (C=O) groups excluding carboxylic acids is 3. The quantitative estimate of drug-likeness (QED) is 0.358. The zero-order valence-corrected chi connectivity index (χ0v) is 24.2. The second kappa shape index (κ2) is 9.85. The standard InChI is InChI=1S/C32H27Cl2FN4O3/c1-17(40)36-20-8-10-21(11-9-20)38-14-13-26-27(30(38)41)28(22-3-2-4-24(34)29(22)35)32(39(26)16-18-5-6-18)23-12-7-19(33)15-25(23)37-31(32)42/h2-4,7-13,15,18,27-28H,5-6,14,16H2,1H3,(H,36,40)(H,37,42)/t27-,28+,32-/m1/s1. The molecular formula is C32H27Cl2FN4O3. The lowest BCUT2D eigenvalue weighted by Crippen LogP contribution is -2.50. The minimum atomic E-state index is -1.38. The molecule has 1 saturated heterocycles. The highest BCUT2D eigenvalue weighted by atomic mass is 35.5. The highest BCUT2D eigenvalue weighted by Crippen LogP contribution is 2.63. The molecule has 3 aliphatic heterocycles. The summed E-state index contributed by atoms with van der Waals surface area (Å²) in [5.41, 5.74) is 2.01. The zero-order valence-electron chi connectivity index (χ0n) is 22.7. The van der Waals surface area contributed by atoms with Gasteiger partial charge in [0, 0.05) is 59.3 Å². The average molecular weight is 605 g/mol. The molecule has 7 nitrogen and oxygen atoms in total. The molecule has 7 rings (SSSR count). The van der Waals surface area contributed by atoms with Crippen LogP contribution in [0, 0.1) is 17.7 Å². The van der Waals surface area contributed by atoms with Gasteiger partial charge in [0.25, 0.3) is 5.91 Å². The molecule has 2 fully saturated rings. The predicted molar refractivity (Wildman–Crippen MR) is 160 cm³/mol. The van der Waals surface area contributed by atoms with Gasteiger partial charge in [-0.25, -0.2) is 4.39 Å². The lowest BCUT2D eigenvalue weighted by Gasteiger charge is -2.39. The van der Waals surface area contributed by atoms with Crippen LogP contribution in [0.2, 0.25) is 10.0 Å². The molecule has 3 amide bonds. The van der Waals surface area contributed by atoms with E-state index >= 15 is 4.39 Å². The summed E-state index contributed by atoms with van der Waals surface area (Å²) in [6.07, 6.45) is 4.04. The summed E-state index contributed by atoms with van der Waals surface area (Å²) in [6, 6.07) is 17.0. The van der Waals surface area contributed by atoms with Gasteiger partial charge in [0.05, 0.1) is 10.9 Å². The van der Waals surface area contributed by atoms with Crippen LogP contribution in [0.15, 0.2) is 72.4 Å². The topological polar surface area (TPSA) is 81.8 Å². The molecule has 0 radical (unpaired) electrons. The van der Waals surface area contributed by atoms with Gasteiger partial charge < -0.3 is 20.4 Å². The summed E-state index contributed by atoms with van der Waals surface area (Å²) >= 11 is 12.6. The Morgan fingerprint density at radius 2 is 1.86 bits per heavy atom. The summed E-state index contributed by atoms with van der Waals surface area (Å²) in [5.74, 6) is -2.79. The molecule has 214 valence electrons. The van der Waals surface area contributed by atoms with Crippen LogP contribution < -0.4 is 15.5 Å². The number of halogens is 3. The van der Waals surface area contributed by atoms with Crippen molar-refractivity contribution in [1.82, 2.24) is 4.90 Å². The second-order valence-corrected chi connectivity index (χ2v) is 12.2. The van der Waals surface area contributed by atoms with Gasteiger partial charge in [-0.2, -0.15) is 0 Å². The van der Waals surface area contributed by atoms with Gasteiger partial charge in [0.1, 0.15) is 5.82 Å². The monoisotopic (exact) mass is 604 g/mol. The number of nitrogens with one attached hydrogen (secondary N) is 2. The molecule has 0 bridgehead atoms. The number of hydrogen-bond donors (Lipinski definition) is 2. The first-order chi connectivity index (χ1) is 20.2. The first-order valence-electron chi connectivity index (χ1n) is 13.9. The fourth-order valence-electron chi connectivity index (χ4n) is 6.90. The minimum Gasteiger partial charge on any atom is -0.355 e. The van der Waals surface area contributed by atoms with E-state index in [0.717, 1.165) is 18.5 Å². The van der Waals surface area contributed by atoms with E-state index in [1.807, 2.05) is 12.1 Å². The van der Waals surface area contributed by atoms with Crippen molar-refractivity contribution in [2.24, 2.45) is 11.8 Å². The molecule has 0 aromatic heterocycles. The maximum absolute atomic E-state index is 16.0. The van der Waals surface area contributed by atoms with Crippen LogP contribution in [-0.2, 0) is 19.9 Å². The van der Waals surface area contributed by atoms with Crippen molar-refractivity contribution in [3.8, 4) is 0 Å². The maximum atomic E-state index is 16.0. The number of rotatable bonds is 5. The summed E-state index contributed by atoms with van der Waals surface area (Å²) in [6.45, 7) is 2.27. The minimum absolute atomic E-state index is 0.0720. The van der Waals surface area contributed by atoms with Gasteiger partial charge in [-0.05, 0) is 72.9 Å². The van der Waals surface area contributed by atoms with Crippen LogP contribution in [0.25, 0.3) is 0 Å². The van der Waals surface area contributed by atoms with E-state index in [0.29, 0.717) is 40.1 Å². The number of likely N-dealkylation sites (tertiary alicyclic amines) is 1. The molecule has 4 aliphatic rings. The van der Waals surface area contributed by atoms with Crippen molar-refractivity contribution in [3.05, 3.63) is 99.4 Å². The number of benzene rings is 3. The van der Waals surface area contributed by atoms with E-state index in [4.69, 9.17) is 23.2 Å². The van der Waals surface area contributed by atoms with Crippen molar-refractivity contribution >= 4 is 58.0 Å². The normalized spacial score (nSPS) is 24.4. The molecule has 3 heterocycles. The van der Waals surface area contributed by atoms with E-state index in [-0.39, 0.29) is 34.9 Å². The number of hydrogen-bond acceptors (Lipinski definition) is 4. The lowest BCUT2D eigenvalue weighted by atomic mass is 9.70. The van der Waals surface area contributed by atoms with Crippen molar-refractivity contribution < 1.29 is 18.8 Å². The van der Waals surface area contributed by atoms with Crippen LogP contribution in [0.4, 0.5) is 21.5 Å². The number of carbonyl (C=O) groups is 3. The predicted octanol–water partition coefficient (Wildman–Crippen LogP) is 6.29. The van der Waals surface area contributed by atoms with Crippen molar-refractivity contribution in [2.45, 2.75) is 31.2 Å². The van der Waals surface area contributed by atoms with E-state index in [1.54, 1.807) is 53.4 Å². The molecule has 1 aliphatic carbocycles. The largest absolute Gasteiger partial charge is 0.355 e. The molecule has 10 heteroatoms. The molecule has 42 heavy (non-hydrogen) atoms. The Labute approximate surface area is 252 Å². The molecule has 0 unspecified atom stereocenters. The third-order valence-electron chi connectivity index (χ3n) is 8.79. The van der Waals surface area contributed by atoms with Crippen LogP contribution in [0.3, 0.4) is 0 Å². The Kier molecular flexibility index (Phi) is 6.33. The van der Waals surface area contributed by atoms with Crippen molar-refractivity contribution in [2.75, 3.05) is 28.6 Å². The van der Waals surface area contributed by atoms with E-state index < -0.39 is 23.2 Å². The van der Waals surface area contributed by atoms with E-state index in [9.17, 15) is 14.4 Å². The zero-order chi connectivity index (χ0) is 29.3. The van der Waals surface area contributed by atoms with Gasteiger partial charge in [-0.15, -0.1) is 0 Å². The Balaban J connectivity index is 1.42. The van der Waals surface area contributed by atoms with Crippen LogP contribution >= 0.6 is 23.2 Å². The third-order valence-corrected chi connectivity index (χ3v) is 9.32. The maximum Gasteiger partial charge on any atom is 0.255 e. The smallest absolute Gasteiger partial charge is 0.255 e. The number of anilines is 3. The molecule has 2 N–H and O–H groups in total. The molecule has 1 spiro atoms. The van der Waals surface area contributed by atoms with Crippen LogP contribution in [-0.4, -0.2) is 35.7 Å². The number of nitrogens with zero attached hydrogens (tertiary/aromatic N) is 2. The Bertz CT molecular complexity index is 1690. The Morgan fingerprint density at radius 1 is 1.10 bits per heavy atom. The summed E-state index contributed by atoms with van der Waals surface area (Å²) < 4.78 is 16.0. The van der Waals surface area contributed by atoms with Crippen LogP contribution in [0.5, 0.6) is 0 Å². The average Bonchev–Trinajstić information content (AvgIpc) is 3.67.